The van der Waals surface area contributed by atoms with E-state index in [0.717, 1.165) is 25.1 Å². The second-order valence-electron chi connectivity index (χ2n) is 4.89. The topological polar surface area (TPSA) is 77.8 Å². The van der Waals surface area contributed by atoms with Gasteiger partial charge in [0.1, 0.15) is 0 Å². The summed E-state index contributed by atoms with van der Waals surface area (Å²) in [6, 6.07) is 6.55. The average Bonchev–Trinajstić information content (AvgIpc) is 2.43. The molecule has 1 aromatic rings. The largest absolute Gasteiger partial charge is 0.481 e. The molecule has 0 aliphatic carbocycles. The lowest BCUT2D eigenvalue weighted by Crippen LogP contribution is -2.32. The Morgan fingerprint density at radius 1 is 1.20 bits per heavy atom. The normalized spacial score (nSPS) is 11.9. The third-order valence-corrected chi connectivity index (χ3v) is 3.18. The highest BCUT2D eigenvalue weighted by Crippen LogP contribution is 2.18. The summed E-state index contributed by atoms with van der Waals surface area (Å²) < 4.78 is 0. The maximum Gasteiger partial charge on any atom is 0.335 e. The van der Waals surface area contributed by atoms with Crippen molar-refractivity contribution in [2.45, 2.75) is 26.7 Å². The Labute approximate surface area is 118 Å². The number of carboxylic acid groups (broad SMARTS) is 2. The van der Waals surface area contributed by atoms with Crippen LogP contribution in [0.1, 0.15) is 37.0 Å². The highest BCUT2D eigenvalue weighted by molar-refractivity contribution is 5.88. The van der Waals surface area contributed by atoms with Crippen LogP contribution in [-0.2, 0) is 4.79 Å². The molecule has 0 aliphatic heterocycles. The van der Waals surface area contributed by atoms with Crippen molar-refractivity contribution >= 4 is 17.6 Å². The standard InChI is InChI=1S/C15H21NO4/c1-3-4-9-16(10-11(2)14(17)18)13-7-5-12(6-8-13)15(19)20/h5-8,11H,3-4,9-10H2,1-2H3,(H,17,18)(H,19,20). The van der Waals surface area contributed by atoms with Gasteiger partial charge in [-0.3, -0.25) is 4.79 Å². The molecule has 1 aromatic carbocycles. The Kier molecular flexibility index (Phi) is 6.03. The molecule has 0 saturated carbocycles. The molecule has 5 nitrogen and oxygen atoms in total. The number of anilines is 1. The minimum absolute atomic E-state index is 0.232. The summed E-state index contributed by atoms with van der Waals surface area (Å²) in [5.41, 5.74) is 1.09. The zero-order valence-electron chi connectivity index (χ0n) is 11.9. The van der Waals surface area contributed by atoms with Crippen molar-refractivity contribution in [3.8, 4) is 0 Å². The summed E-state index contributed by atoms with van der Waals surface area (Å²) in [5.74, 6) is -2.25. The van der Waals surface area contributed by atoms with Gasteiger partial charge in [-0.05, 0) is 30.7 Å². The van der Waals surface area contributed by atoms with Gasteiger partial charge in [0.05, 0.1) is 11.5 Å². The molecular formula is C15H21NO4. The molecule has 0 fully saturated rings. The van der Waals surface area contributed by atoms with E-state index in [9.17, 15) is 9.59 Å². The van der Waals surface area contributed by atoms with E-state index in [1.165, 1.54) is 0 Å². The third-order valence-electron chi connectivity index (χ3n) is 3.18. The number of nitrogens with zero attached hydrogens (tertiary/aromatic N) is 1. The average molecular weight is 279 g/mol. The van der Waals surface area contributed by atoms with E-state index >= 15 is 0 Å². The van der Waals surface area contributed by atoms with Gasteiger partial charge in [0.25, 0.3) is 0 Å². The predicted octanol–water partition coefficient (Wildman–Crippen LogP) is 2.71. The lowest BCUT2D eigenvalue weighted by Gasteiger charge is -2.26. The van der Waals surface area contributed by atoms with E-state index in [-0.39, 0.29) is 5.56 Å². The van der Waals surface area contributed by atoms with Gasteiger partial charge in [-0.25, -0.2) is 4.79 Å². The molecule has 110 valence electrons. The molecule has 20 heavy (non-hydrogen) atoms. The monoisotopic (exact) mass is 279 g/mol. The highest BCUT2D eigenvalue weighted by atomic mass is 16.4. The molecule has 0 radical (unpaired) electrons. The zero-order chi connectivity index (χ0) is 15.1. The van der Waals surface area contributed by atoms with Gasteiger partial charge in [0.15, 0.2) is 0 Å². The van der Waals surface area contributed by atoms with Crippen molar-refractivity contribution in [3.63, 3.8) is 0 Å². The number of carboxylic acids is 2. The molecule has 0 saturated heterocycles. The van der Waals surface area contributed by atoms with Gasteiger partial charge in [-0.15, -0.1) is 0 Å². The fourth-order valence-electron chi connectivity index (χ4n) is 1.90. The number of aromatic carboxylic acids is 1. The first kappa shape index (κ1) is 16.0. The first-order chi connectivity index (χ1) is 9.45. The summed E-state index contributed by atoms with van der Waals surface area (Å²) in [4.78, 5) is 23.8. The molecule has 0 amide bonds. The Morgan fingerprint density at radius 2 is 1.80 bits per heavy atom. The van der Waals surface area contributed by atoms with Crippen LogP contribution in [0.4, 0.5) is 5.69 Å². The maximum atomic E-state index is 11.0. The van der Waals surface area contributed by atoms with Crippen LogP contribution in [0, 0.1) is 5.92 Å². The van der Waals surface area contributed by atoms with Crippen LogP contribution >= 0.6 is 0 Å². The van der Waals surface area contributed by atoms with Crippen LogP contribution in [0.25, 0.3) is 0 Å². The predicted molar refractivity (Wildman–Crippen MR) is 77.3 cm³/mol. The van der Waals surface area contributed by atoms with Gasteiger partial charge in [-0.2, -0.15) is 0 Å². The van der Waals surface area contributed by atoms with Gasteiger partial charge < -0.3 is 15.1 Å². The number of hydrogen-bond donors (Lipinski definition) is 2. The Morgan fingerprint density at radius 3 is 2.25 bits per heavy atom. The molecule has 1 unspecified atom stereocenters. The summed E-state index contributed by atoms with van der Waals surface area (Å²) in [5, 5.41) is 17.9. The summed E-state index contributed by atoms with van der Waals surface area (Å²) in [6.07, 6.45) is 1.98. The van der Waals surface area contributed by atoms with Gasteiger partial charge in [0, 0.05) is 18.8 Å². The Bertz CT molecular complexity index is 455. The molecule has 5 heteroatoms. The molecule has 0 aromatic heterocycles. The van der Waals surface area contributed by atoms with Crippen molar-refractivity contribution in [1.29, 1.82) is 0 Å². The maximum absolute atomic E-state index is 11.0. The summed E-state index contributed by atoms with van der Waals surface area (Å²) in [6.45, 7) is 4.93. The van der Waals surface area contributed by atoms with Gasteiger partial charge in [-0.1, -0.05) is 20.3 Å². The molecule has 0 aliphatic rings. The number of unbranched alkanes of at least 4 members (excludes halogenated alkanes) is 1. The van der Waals surface area contributed by atoms with Crippen LogP contribution in [-0.4, -0.2) is 35.2 Å². The molecule has 1 atom stereocenters. The van der Waals surface area contributed by atoms with E-state index in [0.29, 0.717) is 6.54 Å². The van der Waals surface area contributed by atoms with E-state index in [4.69, 9.17) is 10.2 Å². The molecule has 2 N–H and O–H groups in total. The summed E-state index contributed by atoms with van der Waals surface area (Å²) in [7, 11) is 0. The van der Waals surface area contributed by atoms with Crippen LogP contribution in [0.2, 0.25) is 0 Å². The van der Waals surface area contributed by atoms with Crippen LogP contribution in [0.15, 0.2) is 24.3 Å². The molecule has 0 heterocycles. The van der Waals surface area contributed by atoms with Crippen molar-refractivity contribution in [1.82, 2.24) is 0 Å². The minimum atomic E-state index is -0.962. The first-order valence-electron chi connectivity index (χ1n) is 6.76. The fraction of sp³-hybridized carbons (Fsp3) is 0.467. The number of aliphatic carboxylic acids is 1. The van der Waals surface area contributed by atoms with Crippen molar-refractivity contribution in [2.24, 2.45) is 5.92 Å². The molecule has 0 bridgehead atoms. The number of carbonyl (C=O) groups is 2. The number of hydrogen-bond acceptors (Lipinski definition) is 3. The third kappa shape index (κ3) is 4.57. The lowest BCUT2D eigenvalue weighted by molar-refractivity contribution is -0.140. The smallest absolute Gasteiger partial charge is 0.335 e. The second-order valence-corrected chi connectivity index (χ2v) is 4.89. The fourth-order valence-corrected chi connectivity index (χ4v) is 1.90. The van der Waals surface area contributed by atoms with Crippen LogP contribution in [0.3, 0.4) is 0 Å². The van der Waals surface area contributed by atoms with E-state index in [1.807, 2.05) is 4.90 Å². The van der Waals surface area contributed by atoms with Gasteiger partial charge >= 0.3 is 11.9 Å². The van der Waals surface area contributed by atoms with Crippen molar-refractivity contribution in [2.75, 3.05) is 18.0 Å². The number of rotatable bonds is 8. The Balaban J connectivity index is 2.86. The van der Waals surface area contributed by atoms with Crippen LogP contribution in [0.5, 0.6) is 0 Å². The summed E-state index contributed by atoms with van der Waals surface area (Å²) >= 11 is 0. The van der Waals surface area contributed by atoms with E-state index < -0.39 is 17.9 Å². The molecular weight excluding hydrogens is 258 g/mol. The SMILES string of the molecule is CCCCN(CC(C)C(=O)O)c1ccc(C(=O)O)cc1. The number of benzene rings is 1. The lowest BCUT2D eigenvalue weighted by atomic mass is 10.1. The van der Waals surface area contributed by atoms with Crippen LogP contribution < -0.4 is 4.90 Å². The quantitative estimate of drug-likeness (QED) is 0.765. The van der Waals surface area contributed by atoms with Gasteiger partial charge in [0.2, 0.25) is 0 Å². The van der Waals surface area contributed by atoms with E-state index in [2.05, 4.69) is 6.92 Å². The molecule has 1 rings (SSSR count). The zero-order valence-corrected chi connectivity index (χ0v) is 11.9. The highest BCUT2D eigenvalue weighted by Gasteiger charge is 2.16. The van der Waals surface area contributed by atoms with Crippen molar-refractivity contribution < 1.29 is 19.8 Å². The second kappa shape index (κ2) is 7.53. The Hall–Kier alpha value is -2.04. The van der Waals surface area contributed by atoms with Crippen molar-refractivity contribution in [3.05, 3.63) is 29.8 Å². The van der Waals surface area contributed by atoms with E-state index in [1.54, 1.807) is 31.2 Å². The minimum Gasteiger partial charge on any atom is -0.481 e. The first-order valence-corrected chi connectivity index (χ1v) is 6.76. The molecule has 0 spiro atoms.